The van der Waals surface area contributed by atoms with Gasteiger partial charge in [-0.2, -0.15) is 0 Å². The summed E-state index contributed by atoms with van der Waals surface area (Å²) in [6, 6.07) is 12.5. The van der Waals surface area contributed by atoms with Gasteiger partial charge >= 0.3 is 0 Å². The van der Waals surface area contributed by atoms with Crippen LogP contribution in [0.15, 0.2) is 47.8 Å². The lowest BCUT2D eigenvalue weighted by Gasteiger charge is -2.20. The minimum Gasteiger partial charge on any atom is -0.391 e. The van der Waals surface area contributed by atoms with Gasteiger partial charge in [-0.1, -0.05) is 36.4 Å². The molecule has 1 aromatic carbocycles. The van der Waals surface area contributed by atoms with E-state index >= 15 is 0 Å². The predicted molar refractivity (Wildman–Crippen MR) is 108 cm³/mol. The zero-order chi connectivity index (χ0) is 18.4. The summed E-state index contributed by atoms with van der Waals surface area (Å²) in [5.41, 5.74) is 0.974. The Morgan fingerprint density at radius 1 is 1.19 bits per heavy atom. The Bertz CT molecular complexity index is 727. The van der Waals surface area contributed by atoms with Crippen molar-refractivity contribution in [1.82, 2.24) is 16.0 Å². The second kappa shape index (κ2) is 10.4. The molecule has 1 saturated heterocycles. The molecular weight excluding hydrogens is 386 g/mol. The molecule has 0 saturated carbocycles. The highest BCUT2D eigenvalue weighted by Gasteiger charge is 2.27. The highest BCUT2D eigenvalue weighted by Crippen LogP contribution is 2.11. The number of halogens is 1. The Balaban J connectivity index is 0.00000261. The van der Waals surface area contributed by atoms with Crippen molar-refractivity contribution in [3.63, 3.8) is 0 Å². The van der Waals surface area contributed by atoms with Gasteiger partial charge in [0.1, 0.15) is 6.04 Å². The molecular formula is C19H24ClN3O3S. The topological polar surface area (TPSA) is 90.5 Å². The first-order valence-corrected chi connectivity index (χ1v) is 9.56. The van der Waals surface area contributed by atoms with Crippen molar-refractivity contribution >= 4 is 35.6 Å². The lowest BCUT2D eigenvalue weighted by atomic mass is 10.0. The Kier molecular flexibility index (Phi) is 8.24. The summed E-state index contributed by atoms with van der Waals surface area (Å²) in [7, 11) is 0. The van der Waals surface area contributed by atoms with Crippen molar-refractivity contribution in [2.75, 3.05) is 19.6 Å². The molecule has 0 radical (unpaired) electrons. The monoisotopic (exact) mass is 409 g/mol. The van der Waals surface area contributed by atoms with E-state index in [4.69, 9.17) is 0 Å². The van der Waals surface area contributed by atoms with Gasteiger partial charge in [0.2, 0.25) is 5.91 Å². The molecule has 4 N–H and O–H groups in total. The number of β-amino-alcohol motifs (C(OH)–C–C–N with tert-alkyl or cyclic N) is 1. The molecule has 2 amide bonds. The maximum absolute atomic E-state index is 12.7. The number of thiophene rings is 1. The van der Waals surface area contributed by atoms with E-state index in [0.717, 1.165) is 5.56 Å². The van der Waals surface area contributed by atoms with Crippen molar-refractivity contribution in [2.24, 2.45) is 5.92 Å². The number of aliphatic hydroxyl groups is 1. The summed E-state index contributed by atoms with van der Waals surface area (Å²) >= 11 is 1.34. The minimum absolute atomic E-state index is 0. The first-order chi connectivity index (χ1) is 12.6. The van der Waals surface area contributed by atoms with Crippen molar-refractivity contribution in [1.29, 1.82) is 0 Å². The molecule has 1 fully saturated rings. The number of aliphatic hydroxyl groups excluding tert-OH is 1. The van der Waals surface area contributed by atoms with Crippen LogP contribution in [0, 0.1) is 5.92 Å². The van der Waals surface area contributed by atoms with Gasteiger partial charge in [-0.3, -0.25) is 9.59 Å². The normalized spacial score (nSPS) is 19.7. The minimum atomic E-state index is -0.668. The summed E-state index contributed by atoms with van der Waals surface area (Å²) in [6.07, 6.45) is -0.0431. The van der Waals surface area contributed by atoms with Gasteiger partial charge in [-0.05, 0) is 17.0 Å². The molecule has 6 nitrogen and oxygen atoms in total. The van der Waals surface area contributed by atoms with Crippen molar-refractivity contribution in [3.8, 4) is 0 Å². The van der Waals surface area contributed by atoms with Crippen LogP contribution in [0.4, 0.5) is 0 Å². The molecule has 3 unspecified atom stereocenters. The quantitative estimate of drug-likeness (QED) is 0.553. The molecule has 3 atom stereocenters. The van der Waals surface area contributed by atoms with Gasteiger partial charge in [-0.15, -0.1) is 23.7 Å². The van der Waals surface area contributed by atoms with Crippen molar-refractivity contribution in [2.45, 2.75) is 18.6 Å². The van der Waals surface area contributed by atoms with Gasteiger partial charge in [0.05, 0.1) is 11.0 Å². The molecule has 27 heavy (non-hydrogen) atoms. The van der Waals surface area contributed by atoms with E-state index in [-0.39, 0.29) is 30.1 Å². The van der Waals surface area contributed by atoms with Crippen LogP contribution in [-0.2, 0) is 11.2 Å². The van der Waals surface area contributed by atoms with Gasteiger partial charge in [0.25, 0.3) is 5.91 Å². The number of rotatable bonds is 7. The van der Waals surface area contributed by atoms with Crippen LogP contribution in [-0.4, -0.2) is 48.7 Å². The van der Waals surface area contributed by atoms with E-state index in [9.17, 15) is 14.7 Å². The Morgan fingerprint density at radius 3 is 2.59 bits per heavy atom. The average Bonchev–Trinajstić information content (AvgIpc) is 3.32. The van der Waals surface area contributed by atoms with E-state index in [1.807, 2.05) is 35.7 Å². The third-order valence-corrected chi connectivity index (χ3v) is 5.36. The van der Waals surface area contributed by atoms with Crippen LogP contribution < -0.4 is 16.0 Å². The number of carbonyl (C=O) groups excluding carboxylic acids is 2. The van der Waals surface area contributed by atoms with Gasteiger partial charge in [0, 0.05) is 32.0 Å². The fourth-order valence-corrected chi connectivity index (χ4v) is 3.61. The Labute approximate surface area is 168 Å². The predicted octanol–water partition coefficient (Wildman–Crippen LogP) is 1.21. The molecule has 2 aromatic rings. The zero-order valence-corrected chi connectivity index (χ0v) is 16.4. The molecule has 0 aliphatic carbocycles. The number of hydrogen-bond donors (Lipinski definition) is 4. The molecule has 1 aromatic heterocycles. The van der Waals surface area contributed by atoms with Crippen molar-refractivity contribution < 1.29 is 14.7 Å². The highest BCUT2D eigenvalue weighted by atomic mass is 35.5. The molecule has 0 bridgehead atoms. The van der Waals surface area contributed by atoms with Gasteiger partial charge < -0.3 is 21.1 Å². The maximum atomic E-state index is 12.7. The Hall–Kier alpha value is -1.93. The van der Waals surface area contributed by atoms with Crippen LogP contribution in [0.5, 0.6) is 0 Å². The van der Waals surface area contributed by atoms with E-state index in [1.54, 1.807) is 12.1 Å². The number of amides is 2. The average molecular weight is 410 g/mol. The SMILES string of the molecule is Cl.O=C(NC(Cc1ccccc1)C(=O)NCC1CNCC1O)c1cccs1. The second-order valence-corrected chi connectivity index (χ2v) is 7.37. The molecule has 3 rings (SSSR count). The van der Waals surface area contributed by atoms with E-state index in [2.05, 4.69) is 16.0 Å². The van der Waals surface area contributed by atoms with Crippen LogP contribution >= 0.6 is 23.7 Å². The van der Waals surface area contributed by atoms with Crippen molar-refractivity contribution in [3.05, 3.63) is 58.3 Å². The van der Waals surface area contributed by atoms with Crippen LogP contribution in [0.2, 0.25) is 0 Å². The molecule has 1 aliphatic heterocycles. The first-order valence-electron chi connectivity index (χ1n) is 8.68. The summed E-state index contributed by atoms with van der Waals surface area (Å²) in [5, 5.41) is 20.5. The third kappa shape index (κ3) is 6.04. The Morgan fingerprint density at radius 2 is 1.96 bits per heavy atom. The fourth-order valence-electron chi connectivity index (χ4n) is 2.98. The summed E-state index contributed by atoms with van der Waals surface area (Å²) in [5.74, 6) is -0.499. The summed E-state index contributed by atoms with van der Waals surface area (Å²) in [6.45, 7) is 1.60. The lowest BCUT2D eigenvalue weighted by molar-refractivity contribution is -0.123. The standard InChI is InChI=1S/C19H23N3O3S.ClH/c23-16-12-20-10-14(16)11-21-18(24)15(9-13-5-2-1-3-6-13)22-19(25)17-7-4-8-26-17;/h1-8,14-16,20,23H,9-12H2,(H,21,24)(H,22,25);1H. The van der Waals surface area contributed by atoms with E-state index in [0.29, 0.717) is 30.9 Å². The maximum Gasteiger partial charge on any atom is 0.262 e. The van der Waals surface area contributed by atoms with Crippen LogP contribution in [0.3, 0.4) is 0 Å². The first kappa shape index (κ1) is 21.4. The van der Waals surface area contributed by atoms with Crippen LogP contribution in [0.1, 0.15) is 15.2 Å². The lowest BCUT2D eigenvalue weighted by Crippen LogP contribution is -2.49. The summed E-state index contributed by atoms with van der Waals surface area (Å²) < 4.78 is 0. The number of carbonyl (C=O) groups is 2. The molecule has 0 spiro atoms. The largest absolute Gasteiger partial charge is 0.391 e. The molecule has 2 heterocycles. The van der Waals surface area contributed by atoms with Crippen LogP contribution in [0.25, 0.3) is 0 Å². The highest BCUT2D eigenvalue weighted by molar-refractivity contribution is 7.12. The molecule has 1 aliphatic rings. The fraction of sp³-hybridized carbons (Fsp3) is 0.368. The molecule has 146 valence electrons. The number of benzene rings is 1. The van der Waals surface area contributed by atoms with Gasteiger partial charge in [-0.25, -0.2) is 0 Å². The number of hydrogen-bond acceptors (Lipinski definition) is 5. The van der Waals surface area contributed by atoms with Gasteiger partial charge in [0.15, 0.2) is 0 Å². The second-order valence-electron chi connectivity index (χ2n) is 6.42. The smallest absolute Gasteiger partial charge is 0.262 e. The number of nitrogens with one attached hydrogen (secondary N) is 3. The summed E-state index contributed by atoms with van der Waals surface area (Å²) in [4.78, 5) is 25.7. The van der Waals surface area contributed by atoms with E-state index < -0.39 is 12.1 Å². The zero-order valence-electron chi connectivity index (χ0n) is 14.8. The van der Waals surface area contributed by atoms with E-state index in [1.165, 1.54) is 11.3 Å². The third-order valence-electron chi connectivity index (χ3n) is 4.49. The molecule has 8 heteroatoms.